The first-order chi connectivity index (χ1) is 12.2. The van der Waals surface area contributed by atoms with Crippen LogP contribution in [0.2, 0.25) is 0 Å². The minimum absolute atomic E-state index is 0.0624. The Bertz CT molecular complexity index is 951. The van der Waals surface area contributed by atoms with Crippen molar-refractivity contribution in [2.24, 2.45) is 0 Å². The van der Waals surface area contributed by atoms with Gasteiger partial charge in [0.1, 0.15) is 17.2 Å². The molecule has 7 nitrogen and oxygen atoms in total. The lowest BCUT2D eigenvalue weighted by Gasteiger charge is -2.25. The van der Waals surface area contributed by atoms with Crippen LogP contribution < -0.4 is 5.32 Å². The second kappa shape index (κ2) is 6.40. The van der Waals surface area contributed by atoms with E-state index in [-0.39, 0.29) is 11.4 Å². The Hall–Kier alpha value is -2.96. The summed E-state index contributed by atoms with van der Waals surface area (Å²) in [5.41, 5.74) is 2.08. The highest BCUT2D eigenvalue weighted by Crippen LogP contribution is 2.27. The van der Waals surface area contributed by atoms with Crippen molar-refractivity contribution in [2.75, 3.05) is 19.4 Å². The van der Waals surface area contributed by atoms with Crippen LogP contribution in [0.25, 0.3) is 11.0 Å². The molecule has 0 bridgehead atoms. The van der Waals surface area contributed by atoms with E-state index in [4.69, 9.17) is 0 Å². The van der Waals surface area contributed by atoms with E-state index >= 15 is 0 Å². The van der Waals surface area contributed by atoms with E-state index in [1.807, 2.05) is 29.7 Å². The van der Waals surface area contributed by atoms with Gasteiger partial charge in [0, 0.05) is 37.4 Å². The Morgan fingerprint density at radius 2 is 1.88 bits per heavy atom. The smallest absolute Gasteiger partial charge is 0.270 e. The predicted octanol–water partition coefficient (Wildman–Crippen LogP) is 3.34. The molecule has 7 heteroatoms. The van der Waals surface area contributed by atoms with Crippen molar-refractivity contribution in [3.63, 3.8) is 0 Å². The molecule has 3 rings (SSSR count). The van der Waals surface area contributed by atoms with Crippen molar-refractivity contribution >= 4 is 28.7 Å². The summed E-state index contributed by atoms with van der Waals surface area (Å²) < 4.78 is 1.96. The fourth-order valence-corrected chi connectivity index (χ4v) is 2.77. The highest BCUT2D eigenvalue weighted by atomic mass is 16.2. The lowest BCUT2D eigenvalue weighted by molar-refractivity contribution is 0.0811. The predicted molar refractivity (Wildman–Crippen MR) is 103 cm³/mol. The maximum Gasteiger partial charge on any atom is 0.270 e. The number of rotatable bonds is 3. The van der Waals surface area contributed by atoms with Gasteiger partial charge in [0.15, 0.2) is 0 Å². The molecule has 0 unspecified atom stereocenters. The lowest BCUT2D eigenvalue weighted by Crippen LogP contribution is -2.31. The van der Waals surface area contributed by atoms with Gasteiger partial charge in [-0.2, -0.15) is 4.98 Å². The first-order valence-electron chi connectivity index (χ1n) is 8.47. The normalized spacial score (nSPS) is 11.6. The lowest BCUT2D eigenvalue weighted by atomic mass is 10.1. The van der Waals surface area contributed by atoms with Crippen molar-refractivity contribution in [1.82, 2.24) is 24.4 Å². The molecule has 136 valence electrons. The van der Waals surface area contributed by atoms with Crippen LogP contribution in [0, 0.1) is 6.92 Å². The Labute approximate surface area is 153 Å². The van der Waals surface area contributed by atoms with Gasteiger partial charge in [-0.1, -0.05) is 6.07 Å². The van der Waals surface area contributed by atoms with Crippen LogP contribution in [0.4, 0.5) is 11.8 Å². The van der Waals surface area contributed by atoms with Gasteiger partial charge in [-0.3, -0.25) is 4.79 Å². The van der Waals surface area contributed by atoms with Gasteiger partial charge in [0.05, 0.1) is 0 Å². The fraction of sp³-hybridized carbons (Fsp3) is 0.368. The van der Waals surface area contributed by atoms with E-state index in [1.165, 1.54) is 0 Å². The van der Waals surface area contributed by atoms with Crippen LogP contribution in [0.15, 0.2) is 30.6 Å². The number of carbonyl (C=O) groups excluding carboxylic acids is 1. The van der Waals surface area contributed by atoms with Crippen LogP contribution in [0.3, 0.4) is 0 Å². The highest BCUT2D eigenvalue weighted by Gasteiger charge is 2.26. The van der Waals surface area contributed by atoms with E-state index in [1.54, 1.807) is 31.4 Å². The first-order valence-corrected chi connectivity index (χ1v) is 8.47. The molecule has 3 aromatic rings. The van der Waals surface area contributed by atoms with E-state index in [9.17, 15) is 4.79 Å². The molecule has 3 aromatic heterocycles. The first kappa shape index (κ1) is 17.8. The minimum Gasteiger partial charge on any atom is -0.343 e. The zero-order valence-corrected chi connectivity index (χ0v) is 16.0. The number of nitrogens with one attached hydrogen (secondary N) is 1. The van der Waals surface area contributed by atoms with E-state index < -0.39 is 0 Å². The maximum absolute atomic E-state index is 12.6. The summed E-state index contributed by atoms with van der Waals surface area (Å²) >= 11 is 0. The van der Waals surface area contributed by atoms with E-state index in [0.717, 1.165) is 10.9 Å². The number of anilines is 2. The highest BCUT2D eigenvalue weighted by molar-refractivity contribution is 5.98. The average molecular weight is 352 g/mol. The summed E-state index contributed by atoms with van der Waals surface area (Å²) in [6, 6.07) is 5.70. The van der Waals surface area contributed by atoms with Gasteiger partial charge in [-0.25, -0.2) is 9.97 Å². The Morgan fingerprint density at radius 1 is 1.15 bits per heavy atom. The molecule has 1 N–H and O–H groups in total. The molecule has 0 aliphatic carbocycles. The summed E-state index contributed by atoms with van der Waals surface area (Å²) in [7, 11) is 3.49. The number of pyridine rings is 1. The summed E-state index contributed by atoms with van der Waals surface area (Å²) in [4.78, 5) is 27.5. The van der Waals surface area contributed by atoms with Gasteiger partial charge in [0.25, 0.3) is 5.91 Å². The molecule has 0 aromatic carbocycles. The molecule has 0 atom stereocenters. The minimum atomic E-state index is -0.309. The summed E-state index contributed by atoms with van der Waals surface area (Å²) in [5, 5.41) is 3.95. The zero-order valence-electron chi connectivity index (χ0n) is 16.0. The average Bonchev–Trinajstić information content (AvgIpc) is 2.95. The van der Waals surface area contributed by atoms with E-state index in [2.05, 4.69) is 41.0 Å². The molecule has 0 saturated heterocycles. The van der Waals surface area contributed by atoms with Crippen LogP contribution in [-0.2, 0) is 5.54 Å². The number of aromatic nitrogens is 4. The summed E-state index contributed by atoms with van der Waals surface area (Å²) in [5.74, 6) is 1.06. The van der Waals surface area contributed by atoms with Crippen molar-refractivity contribution in [3.05, 3.63) is 41.9 Å². The van der Waals surface area contributed by atoms with Crippen LogP contribution in [0.5, 0.6) is 0 Å². The van der Waals surface area contributed by atoms with Crippen molar-refractivity contribution in [1.29, 1.82) is 0 Å². The number of aryl methyl sites for hydroxylation is 1. The maximum atomic E-state index is 12.6. The quantitative estimate of drug-likeness (QED) is 0.782. The number of hydrogen-bond donors (Lipinski definition) is 1. The number of amides is 1. The SMILES string of the molecule is Cc1ccc(Nc2ncc3cc(C(=O)N(C)C)n(C(C)(C)C)c3n2)nc1. The van der Waals surface area contributed by atoms with Crippen LogP contribution in [0.1, 0.15) is 36.8 Å². The van der Waals surface area contributed by atoms with Crippen molar-refractivity contribution < 1.29 is 4.79 Å². The van der Waals surface area contributed by atoms with Crippen LogP contribution >= 0.6 is 0 Å². The van der Waals surface area contributed by atoms with Crippen molar-refractivity contribution in [3.8, 4) is 0 Å². The molecule has 0 fully saturated rings. The summed E-state index contributed by atoms with van der Waals surface area (Å²) in [6.45, 7) is 8.14. The Balaban J connectivity index is 2.10. The third-order valence-electron chi connectivity index (χ3n) is 3.99. The molecule has 1 amide bonds. The number of carbonyl (C=O) groups is 1. The molecule has 0 saturated carbocycles. The second-order valence-corrected chi connectivity index (χ2v) is 7.55. The Morgan fingerprint density at radius 3 is 2.46 bits per heavy atom. The molecule has 0 aliphatic rings. The molecule has 26 heavy (non-hydrogen) atoms. The van der Waals surface area contributed by atoms with Gasteiger partial charge >= 0.3 is 0 Å². The number of nitrogens with zero attached hydrogens (tertiary/aromatic N) is 5. The molecule has 0 radical (unpaired) electrons. The molecule has 3 heterocycles. The Kier molecular flexibility index (Phi) is 4.39. The standard InChI is InChI=1S/C19H24N6O/c1-12-7-8-15(20-10-12)22-18-21-11-13-9-14(17(26)24(5)6)25(16(13)23-18)19(2,3)4/h7-11H,1-6H3,(H,20,21,22,23). The summed E-state index contributed by atoms with van der Waals surface area (Å²) in [6.07, 6.45) is 3.51. The topological polar surface area (TPSA) is 75.9 Å². The number of hydrogen-bond acceptors (Lipinski definition) is 5. The van der Waals surface area contributed by atoms with Crippen molar-refractivity contribution in [2.45, 2.75) is 33.2 Å². The monoisotopic (exact) mass is 352 g/mol. The third-order valence-corrected chi connectivity index (χ3v) is 3.99. The second-order valence-electron chi connectivity index (χ2n) is 7.55. The van der Waals surface area contributed by atoms with Crippen LogP contribution in [-0.4, -0.2) is 44.4 Å². The fourth-order valence-electron chi connectivity index (χ4n) is 2.77. The van der Waals surface area contributed by atoms with Gasteiger partial charge < -0.3 is 14.8 Å². The largest absolute Gasteiger partial charge is 0.343 e. The molecular formula is C19H24N6O. The van der Waals surface area contributed by atoms with Gasteiger partial charge in [0.2, 0.25) is 5.95 Å². The molecule has 0 aliphatic heterocycles. The van der Waals surface area contributed by atoms with E-state index in [0.29, 0.717) is 23.1 Å². The number of fused-ring (bicyclic) bond motifs is 1. The molecular weight excluding hydrogens is 328 g/mol. The third kappa shape index (κ3) is 3.37. The molecule has 0 spiro atoms. The van der Waals surface area contributed by atoms with Gasteiger partial charge in [-0.05, 0) is 45.4 Å². The zero-order chi connectivity index (χ0) is 19.1. The van der Waals surface area contributed by atoms with Gasteiger partial charge in [-0.15, -0.1) is 0 Å².